The van der Waals surface area contributed by atoms with Crippen LogP contribution in [0.4, 0.5) is 0 Å². The summed E-state index contributed by atoms with van der Waals surface area (Å²) in [6.45, 7) is 8.57. The summed E-state index contributed by atoms with van der Waals surface area (Å²) in [5.41, 5.74) is 4.60. The van der Waals surface area contributed by atoms with Crippen molar-refractivity contribution in [1.29, 1.82) is 0 Å². The molecule has 1 amide bonds. The van der Waals surface area contributed by atoms with Crippen LogP contribution in [0.3, 0.4) is 0 Å². The molecule has 0 saturated heterocycles. The van der Waals surface area contributed by atoms with Crippen molar-refractivity contribution in [2.45, 2.75) is 40.2 Å². The Morgan fingerprint density at radius 3 is 2.48 bits per heavy atom. The van der Waals surface area contributed by atoms with Crippen LogP contribution in [0.2, 0.25) is 0 Å². The molecule has 1 N–H and O–H groups in total. The van der Waals surface area contributed by atoms with Gasteiger partial charge in [0.05, 0.1) is 12.5 Å². The van der Waals surface area contributed by atoms with Crippen molar-refractivity contribution >= 4 is 5.91 Å². The van der Waals surface area contributed by atoms with E-state index in [-0.39, 0.29) is 11.9 Å². The van der Waals surface area contributed by atoms with Crippen molar-refractivity contribution in [1.82, 2.24) is 5.32 Å². The number of amides is 1. The molecular formula is C20H25NO2. The van der Waals surface area contributed by atoms with Gasteiger partial charge in [0.1, 0.15) is 12.4 Å². The quantitative estimate of drug-likeness (QED) is 0.882. The second-order valence-corrected chi connectivity index (χ2v) is 6.14. The van der Waals surface area contributed by atoms with E-state index in [9.17, 15) is 4.79 Å². The lowest BCUT2D eigenvalue weighted by Crippen LogP contribution is -2.37. The second-order valence-electron chi connectivity index (χ2n) is 6.14. The summed E-state index contributed by atoms with van der Waals surface area (Å²) in [5, 5.41) is 2.99. The molecule has 0 aromatic heterocycles. The predicted molar refractivity (Wildman–Crippen MR) is 93.9 cm³/mol. The summed E-state index contributed by atoms with van der Waals surface area (Å²) in [7, 11) is 0. The molecule has 0 spiro atoms. The van der Waals surface area contributed by atoms with Gasteiger partial charge in [0.25, 0.3) is 0 Å². The van der Waals surface area contributed by atoms with E-state index >= 15 is 0 Å². The van der Waals surface area contributed by atoms with Crippen LogP contribution in [0, 0.1) is 20.8 Å². The molecule has 0 aliphatic carbocycles. The number of nitrogens with one attached hydrogen (secondary N) is 1. The Kier molecular flexibility index (Phi) is 5.80. The zero-order chi connectivity index (χ0) is 16.8. The van der Waals surface area contributed by atoms with E-state index in [1.807, 2.05) is 44.2 Å². The first-order chi connectivity index (χ1) is 11.0. The maximum absolute atomic E-state index is 12.1. The minimum absolute atomic E-state index is 0.0223. The SMILES string of the molecule is Cc1ccc(CC(=O)NC(C)COc2ccccc2C)cc1C. The third kappa shape index (κ3) is 5.13. The number of hydrogen-bond acceptors (Lipinski definition) is 2. The number of para-hydroxylation sites is 1. The van der Waals surface area contributed by atoms with Gasteiger partial charge in [0.15, 0.2) is 0 Å². The van der Waals surface area contributed by atoms with Crippen molar-refractivity contribution < 1.29 is 9.53 Å². The van der Waals surface area contributed by atoms with Gasteiger partial charge in [-0.1, -0.05) is 36.4 Å². The number of ether oxygens (including phenoxy) is 1. The van der Waals surface area contributed by atoms with Gasteiger partial charge in [0, 0.05) is 0 Å². The van der Waals surface area contributed by atoms with Crippen LogP contribution < -0.4 is 10.1 Å². The van der Waals surface area contributed by atoms with Gasteiger partial charge in [-0.05, 0) is 56.0 Å². The maximum Gasteiger partial charge on any atom is 0.224 e. The summed E-state index contributed by atoms with van der Waals surface area (Å²) < 4.78 is 5.77. The molecule has 1 atom stereocenters. The maximum atomic E-state index is 12.1. The average Bonchev–Trinajstić information content (AvgIpc) is 2.50. The highest BCUT2D eigenvalue weighted by Gasteiger charge is 2.10. The predicted octanol–water partition coefficient (Wildman–Crippen LogP) is 3.74. The van der Waals surface area contributed by atoms with E-state index in [1.54, 1.807) is 0 Å². The Morgan fingerprint density at radius 1 is 1.04 bits per heavy atom. The molecule has 0 aliphatic heterocycles. The second kappa shape index (κ2) is 7.82. The van der Waals surface area contributed by atoms with Gasteiger partial charge in [-0.2, -0.15) is 0 Å². The van der Waals surface area contributed by atoms with E-state index in [0.717, 1.165) is 16.9 Å². The van der Waals surface area contributed by atoms with E-state index in [1.165, 1.54) is 11.1 Å². The summed E-state index contributed by atoms with van der Waals surface area (Å²) in [5.74, 6) is 0.886. The zero-order valence-electron chi connectivity index (χ0n) is 14.3. The summed E-state index contributed by atoms with van der Waals surface area (Å²) in [6, 6.07) is 14.0. The molecule has 2 aromatic rings. The standard InChI is InChI=1S/C20H25NO2/c1-14-9-10-18(11-16(14)3)12-20(22)21-17(4)13-23-19-8-6-5-7-15(19)2/h5-11,17H,12-13H2,1-4H3,(H,21,22). The summed E-state index contributed by atoms with van der Waals surface area (Å²) in [4.78, 5) is 12.1. The third-order valence-electron chi connectivity index (χ3n) is 3.93. The van der Waals surface area contributed by atoms with Crippen LogP contribution in [0.1, 0.15) is 29.2 Å². The Balaban J connectivity index is 1.82. The lowest BCUT2D eigenvalue weighted by Gasteiger charge is -2.16. The molecule has 0 radical (unpaired) electrons. The van der Waals surface area contributed by atoms with E-state index in [2.05, 4.69) is 31.3 Å². The highest BCUT2D eigenvalue weighted by molar-refractivity contribution is 5.78. The number of rotatable bonds is 6. The third-order valence-corrected chi connectivity index (χ3v) is 3.93. The number of hydrogen-bond donors (Lipinski definition) is 1. The van der Waals surface area contributed by atoms with Gasteiger partial charge in [-0.3, -0.25) is 4.79 Å². The van der Waals surface area contributed by atoms with Gasteiger partial charge in [0.2, 0.25) is 5.91 Å². The highest BCUT2D eigenvalue weighted by atomic mass is 16.5. The fourth-order valence-corrected chi connectivity index (χ4v) is 2.40. The zero-order valence-corrected chi connectivity index (χ0v) is 14.3. The molecule has 0 bridgehead atoms. The number of aryl methyl sites for hydroxylation is 3. The van der Waals surface area contributed by atoms with Crippen LogP contribution in [0.25, 0.3) is 0 Å². The van der Waals surface area contributed by atoms with E-state index in [4.69, 9.17) is 4.74 Å². The normalized spacial score (nSPS) is 11.8. The molecule has 2 rings (SSSR count). The van der Waals surface area contributed by atoms with Crippen molar-refractivity contribution in [3.05, 3.63) is 64.7 Å². The van der Waals surface area contributed by atoms with E-state index in [0.29, 0.717) is 13.0 Å². The van der Waals surface area contributed by atoms with Crippen LogP contribution >= 0.6 is 0 Å². The van der Waals surface area contributed by atoms with Crippen LogP contribution in [-0.4, -0.2) is 18.6 Å². The van der Waals surface area contributed by atoms with Gasteiger partial charge < -0.3 is 10.1 Å². The lowest BCUT2D eigenvalue weighted by molar-refractivity contribution is -0.121. The Bertz CT molecular complexity index is 679. The monoisotopic (exact) mass is 311 g/mol. The van der Waals surface area contributed by atoms with Crippen molar-refractivity contribution in [3.63, 3.8) is 0 Å². The molecule has 1 unspecified atom stereocenters. The minimum Gasteiger partial charge on any atom is -0.491 e. The molecule has 0 saturated carbocycles. The van der Waals surface area contributed by atoms with Crippen LogP contribution in [-0.2, 0) is 11.2 Å². The molecule has 0 fully saturated rings. The number of carbonyl (C=O) groups is 1. The Labute approximate surface area is 138 Å². The van der Waals surface area contributed by atoms with E-state index < -0.39 is 0 Å². The van der Waals surface area contributed by atoms with Crippen molar-refractivity contribution in [3.8, 4) is 5.75 Å². The average molecular weight is 311 g/mol. The molecule has 3 heteroatoms. The van der Waals surface area contributed by atoms with Crippen LogP contribution in [0.5, 0.6) is 5.75 Å². The Hall–Kier alpha value is -2.29. The number of carbonyl (C=O) groups excluding carboxylic acids is 1. The summed E-state index contributed by atoms with van der Waals surface area (Å²) in [6.07, 6.45) is 0.399. The van der Waals surface area contributed by atoms with Crippen LogP contribution in [0.15, 0.2) is 42.5 Å². The molecule has 122 valence electrons. The molecule has 2 aromatic carbocycles. The smallest absolute Gasteiger partial charge is 0.224 e. The first-order valence-electron chi connectivity index (χ1n) is 7.99. The fourth-order valence-electron chi connectivity index (χ4n) is 2.40. The molecule has 3 nitrogen and oxygen atoms in total. The van der Waals surface area contributed by atoms with Gasteiger partial charge in [-0.25, -0.2) is 0 Å². The van der Waals surface area contributed by atoms with Gasteiger partial charge in [-0.15, -0.1) is 0 Å². The lowest BCUT2D eigenvalue weighted by atomic mass is 10.0. The summed E-state index contributed by atoms with van der Waals surface area (Å²) >= 11 is 0. The minimum atomic E-state index is -0.0337. The van der Waals surface area contributed by atoms with Crippen molar-refractivity contribution in [2.24, 2.45) is 0 Å². The largest absolute Gasteiger partial charge is 0.491 e. The molecule has 23 heavy (non-hydrogen) atoms. The first-order valence-corrected chi connectivity index (χ1v) is 7.99. The fraction of sp³-hybridized carbons (Fsp3) is 0.350. The molecular weight excluding hydrogens is 286 g/mol. The number of benzene rings is 2. The first kappa shape index (κ1) is 17.1. The molecule has 0 heterocycles. The Morgan fingerprint density at radius 2 is 1.78 bits per heavy atom. The van der Waals surface area contributed by atoms with Gasteiger partial charge >= 0.3 is 0 Å². The molecule has 0 aliphatic rings. The topological polar surface area (TPSA) is 38.3 Å². The highest BCUT2D eigenvalue weighted by Crippen LogP contribution is 2.16. The van der Waals surface area contributed by atoms with Crippen molar-refractivity contribution in [2.75, 3.05) is 6.61 Å².